The van der Waals surface area contributed by atoms with E-state index in [1.807, 2.05) is 0 Å². The molecule has 102 valence electrons. The number of ether oxygens (including phenoxy) is 2. The predicted molar refractivity (Wildman–Crippen MR) is 65.0 cm³/mol. The molecule has 1 aromatic rings. The van der Waals surface area contributed by atoms with Gasteiger partial charge in [-0.2, -0.15) is 13.2 Å². The van der Waals surface area contributed by atoms with Crippen LogP contribution in [-0.4, -0.2) is 26.9 Å². The van der Waals surface area contributed by atoms with Gasteiger partial charge in [-0.3, -0.25) is 0 Å². The van der Waals surface area contributed by atoms with Crippen molar-refractivity contribution in [2.45, 2.75) is 12.7 Å². The van der Waals surface area contributed by atoms with Crippen molar-refractivity contribution >= 4 is 15.9 Å². The molecule has 0 amide bonds. The molecule has 0 bridgehead atoms. The first-order valence-electron chi connectivity index (χ1n) is 5.05. The van der Waals surface area contributed by atoms with E-state index < -0.39 is 12.7 Å². The van der Waals surface area contributed by atoms with Gasteiger partial charge in [0.2, 0.25) is 0 Å². The van der Waals surface area contributed by atoms with Gasteiger partial charge in [-0.05, 0) is 33.6 Å². The van der Waals surface area contributed by atoms with Crippen molar-refractivity contribution in [2.75, 3.05) is 20.8 Å². The molecule has 0 aromatic heterocycles. The summed E-state index contributed by atoms with van der Waals surface area (Å²) < 4.78 is 46.8. The molecule has 3 nitrogen and oxygen atoms in total. The number of nitrogens with one attached hydrogen (secondary N) is 1. The third kappa shape index (κ3) is 4.38. The van der Waals surface area contributed by atoms with E-state index in [-0.39, 0.29) is 6.54 Å². The first kappa shape index (κ1) is 15.1. The highest BCUT2D eigenvalue weighted by molar-refractivity contribution is 9.10. The Labute approximate surface area is 111 Å². The van der Waals surface area contributed by atoms with E-state index in [0.717, 1.165) is 0 Å². The molecular weight excluding hydrogens is 315 g/mol. The second kappa shape index (κ2) is 6.29. The first-order chi connectivity index (χ1) is 8.37. The van der Waals surface area contributed by atoms with E-state index >= 15 is 0 Å². The molecule has 0 radical (unpaired) electrons. The Bertz CT molecular complexity index is 410. The number of hydrogen-bond donors (Lipinski definition) is 1. The van der Waals surface area contributed by atoms with Gasteiger partial charge in [0.05, 0.1) is 25.2 Å². The standard InChI is InChI=1S/C11H13BrF3NO2/c1-17-9-4-7(3-8(12)10(9)18-2)5-16-6-11(13,14)15/h3-4,16H,5-6H2,1-2H3. The summed E-state index contributed by atoms with van der Waals surface area (Å²) in [5.41, 5.74) is 0.670. The second-order valence-electron chi connectivity index (χ2n) is 3.53. The zero-order chi connectivity index (χ0) is 13.8. The van der Waals surface area contributed by atoms with Crippen molar-refractivity contribution in [1.82, 2.24) is 5.32 Å². The van der Waals surface area contributed by atoms with Crippen molar-refractivity contribution in [2.24, 2.45) is 0 Å². The molecule has 0 fully saturated rings. The van der Waals surface area contributed by atoms with Crippen molar-refractivity contribution in [3.05, 3.63) is 22.2 Å². The molecule has 0 spiro atoms. The van der Waals surface area contributed by atoms with Gasteiger partial charge in [-0.25, -0.2) is 0 Å². The Balaban J connectivity index is 2.76. The van der Waals surface area contributed by atoms with Crippen molar-refractivity contribution in [1.29, 1.82) is 0 Å². The smallest absolute Gasteiger partial charge is 0.401 e. The lowest BCUT2D eigenvalue weighted by molar-refractivity contribution is -0.125. The highest BCUT2D eigenvalue weighted by Crippen LogP contribution is 2.36. The Morgan fingerprint density at radius 1 is 1.22 bits per heavy atom. The zero-order valence-electron chi connectivity index (χ0n) is 9.90. The minimum absolute atomic E-state index is 0.0957. The zero-order valence-corrected chi connectivity index (χ0v) is 11.5. The lowest BCUT2D eigenvalue weighted by Gasteiger charge is -2.13. The quantitative estimate of drug-likeness (QED) is 0.901. The number of benzene rings is 1. The van der Waals surface area contributed by atoms with Crippen LogP contribution in [0.15, 0.2) is 16.6 Å². The third-order valence-corrected chi connectivity index (χ3v) is 2.74. The fourth-order valence-electron chi connectivity index (χ4n) is 1.42. The van der Waals surface area contributed by atoms with E-state index in [1.54, 1.807) is 12.1 Å². The number of rotatable bonds is 5. The largest absolute Gasteiger partial charge is 0.493 e. The predicted octanol–water partition coefficient (Wildman–Crippen LogP) is 3.12. The molecule has 0 aliphatic rings. The number of methoxy groups -OCH3 is 2. The average molecular weight is 328 g/mol. The second-order valence-corrected chi connectivity index (χ2v) is 4.39. The van der Waals surface area contributed by atoms with E-state index in [0.29, 0.717) is 21.5 Å². The van der Waals surface area contributed by atoms with Crippen molar-refractivity contribution in [3.8, 4) is 11.5 Å². The molecule has 0 atom stereocenters. The van der Waals surface area contributed by atoms with Crippen LogP contribution in [0.25, 0.3) is 0 Å². The normalized spacial score (nSPS) is 11.4. The lowest BCUT2D eigenvalue weighted by atomic mass is 10.2. The number of hydrogen-bond acceptors (Lipinski definition) is 3. The highest BCUT2D eigenvalue weighted by atomic mass is 79.9. The third-order valence-electron chi connectivity index (χ3n) is 2.15. The van der Waals surface area contributed by atoms with Crippen LogP contribution in [0, 0.1) is 0 Å². The van der Waals surface area contributed by atoms with Crippen molar-refractivity contribution in [3.63, 3.8) is 0 Å². The van der Waals surface area contributed by atoms with Gasteiger partial charge >= 0.3 is 6.18 Å². The molecule has 0 aliphatic carbocycles. The SMILES string of the molecule is COc1cc(CNCC(F)(F)F)cc(Br)c1OC. The maximum absolute atomic E-state index is 12.0. The minimum Gasteiger partial charge on any atom is -0.493 e. The molecule has 18 heavy (non-hydrogen) atoms. The maximum Gasteiger partial charge on any atom is 0.401 e. The molecule has 1 aromatic carbocycles. The van der Waals surface area contributed by atoms with Gasteiger partial charge in [0.15, 0.2) is 11.5 Å². The number of alkyl halides is 3. The fraction of sp³-hybridized carbons (Fsp3) is 0.455. The molecule has 0 unspecified atom stereocenters. The van der Waals surface area contributed by atoms with Gasteiger partial charge in [0.25, 0.3) is 0 Å². The van der Waals surface area contributed by atoms with Crippen LogP contribution >= 0.6 is 15.9 Å². The van der Waals surface area contributed by atoms with E-state index in [9.17, 15) is 13.2 Å². The van der Waals surface area contributed by atoms with Crippen molar-refractivity contribution < 1.29 is 22.6 Å². The Morgan fingerprint density at radius 3 is 2.39 bits per heavy atom. The van der Waals surface area contributed by atoms with Crippen LogP contribution in [0.2, 0.25) is 0 Å². The van der Waals surface area contributed by atoms with Crippen LogP contribution < -0.4 is 14.8 Å². The Kier molecular flexibility index (Phi) is 5.28. The van der Waals surface area contributed by atoms with Gasteiger partial charge in [-0.15, -0.1) is 0 Å². The molecule has 0 saturated carbocycles. The lowest BCUT2D eigenvalue weighted by Crippen LogP contribution is -2.28. The summed E-state index contributed by atoms with van der Waals surface area (Å²) in [5, 5.41) is 2.32. The summed E-state index contributed by atoms with van der Waals surface area (Å²) in [6.07, 6.45) is -4.21. The number of halogens is 4. The summed E-state index contributed by atoms with van der Waals surface area (Å²) >= 11 is 3.28. The first-order valence-corrected chi connectivity index (χ1v) is 5.84. The molecule has 0 saturated heterocycles. The molecule has 1 N–H and O–H groups in total. The highest BCUT2D eigenvalue weighted by Gasteiger charge is 2.26. The molecule has 0 heterocycles. The van der Waals surface area contributed by atoms with Gasteiger partial charge < -0.3 is 14.8 Å². The molecule has 1 rings (SSSR count). The summed E-state index contributed by atoms with van der Waals surface area (Å²) in [4.78, 5) is 0. The van der Waals surface area contributed by atoms with E-state index in [2.05, 4.69) is 21.2 Å². The topological polar surface area (TPSA) is 30.5 Å². The van der Waals surface area contributed by atoms with Gasteiger partial charge in [0, 0.05) is 6.54 Å². The van der Waals surface area contributed by atoms with Gasteiger partial charge in [0.1, 0.15) is 0 Å². The summed E-state index contributed by atoms with van der Waals surface area (Å²) in [7, 11) is 2.96. The average Bonchev–Trinajstić information content (AvgIpc) is 2.26. The Morgan fingerprint density at radius 2 is 1.89 bits per heavy atom. The van der Waals surface area contributed by atoms with E-state index in [4.69, 9.17) is 9.47 Å². The fourth-order valence-corrected chi connectivity index (χ4v) is 2.07. The molecule has 7 heteroatoms. The summed E-state index contributed by atoms with van der Waals surface area (Å²) in [6, 6.07) is 3.32. The van der Waals surface area contributed by atoms with E-state index in [1.165, 1.54) is 14.2 Å². The van der Waals surface area contributed by atoms with Crippen LogP contribution in [0.3, 0.4) is 0 Å². The van der Waals surface area contributed by atoms with Gasteiger partial charge in [-0.1, -0.05) is 0 Å². The molecule has 0 aliphatic heterocycles. The van der Waals surface area contributed by atoms with Crippen LogP contribution in [-0.2, 0) is 6.54 Å². The minimum atomic E-state index is -4.21. The summed E-state index contributed by atoms with van der Waals surface area (Å²) in [5.74, 6) is 0.979. The summed E-state index contributed by atoms with van der Waals surface area (Å²) in [6.45, 7) is -0.933. The maximum atomic E-state index is 12.0. The van der Waals surface area contributed by atoms with Crippen LogP contribution in [0.1, 0.15) is 5.56 Å². The monoisotopic (exact) mass is 327 g/mol. The van der Waals surface area contributed by atoms with Crippen LogP contribution in [0.5, 0.6) is 11.5 Å². The Hall–Kier alpha value is -0.950. The molecular formula is C11H13BrF3NO2. The van der Waals surface area contributed by atoms with Crippen LogP contribution in [0.4, 0.5) is 13.2 Å².